The van der Waals surface area contributed by atoms with Gasteiger partial charge < -0.3 is 15.2 Å². The van der Waals surface area contributed by atoms with Crippen LogP contribution in [0.2, 0.25) is 0 Å². The third kappa shape index (κ3) is 4.16. The van der Waals surface area contributed by atoms with Crippen molar-refractivity contribution in [3.8, 4) is 0 Å². The lowest BCUT2D eigenvalue weighted by Crippen LogP contribution is -2.48. The molecule has 104 valence electrons. The number of ether oxygens (including phenoxy) is 1. The number of hydrogen-bond donors (Lipinski definition) is 2. The van der Waals surface area contributed by atoms with Crippen LogP contribution in [-0.2, 0) is 9.53 Å². The summed E-state index contributed by atoms with van der Waals surface area (Å²) >= 11 is 0. The average Bonchev–Trinajstić information content (AvgIpc) is 2.13. The Labute approximate surface area is 106 Å². The quantitative estimate of drug-likeness (QED) is 0.799. The molecule has 0 bridgehead atoms. The molecule has 5 nitrogen and oxygen atoms in total. The highest BCUT2D eigenvalue weighted by molar-refractivity contribution is 5.77. The summed E-state index contributed by atoms with van der Waals surface area (Å²) in [5, 5.41) is 11.3. The number of carboxylic acids is 1. The van der Waals surface area contributed by atoms with Crippen LogP contribution in [0.3, 0.4) is 0 Å². The summed E-state index contributed by atoms with van der Waals surface area (Å²) < 4.78 is 19.0. The lowest BCUT2D eigenvalue weighted by Gasteiger charge is -2.32. The number of carbonyl (C=O) groups is 2. The van der Waals surface area contributed by atoms with E-state index in [-0.39, 0.29) is 12.8 Å². The molecule has 1 fully saturated rings. The van der Waals surface area contributed by atoms with E-state index in [4.69, 9.17) is 9.84 Å². The van der Waals surface area contributed by atoms with Crippen LogP contribution in [0.1, 0.15) is 46.5 Å². The molecule has 1 rings (SSSR count). The SMILES string of the molecule is CC(C)(C)OC(=O)NC1CCCC(F)(C(=O)O)C1. The largest absolute Gasteiger partial charge is 0.479 e. The van der Waals surface area contributed by atoms with E-state index in [0.717, 1.165) is 0 Å². The first kappa shape index (κ1) is 14.7. The number of rotatable bonds is 2. The van der Waals surface area contributed by atoms with Crippen molar-refractivity contribution in [2.45, 2.75) is 63.8 Å². The third-order valence-electron chi connectivity index (χ3n) is 2.80. The molecule has 0 saturated heterocycles. The molecule has 6 heteroatoms. The number of carboxylic acid groups (broad SMARTS) is 1. The molecule has 0 aromatic heterocycles. The van der Waals surface area contributed by atoms with Gasteiger partial charge in [0.1, 0.15) is 5.60 Å². The highest BCUT2D eigenvalue weighted by Gasteiger charge is 2.44. The van der Waals surface area contributed by atoms with Gasteiger partial charge in [-0.1, -0.05) is 0 Å². The van der Waals surface area contributed by atoms with Gasteiger partial charge in [-0.3, -0.25) is 0 Å². The second-order valence-corrected chi connectivity index (χ2v) is 5.71. The fourth-order valence-electron chi connectivity index (χ4n) is 2.02. The maximum atomic E-state index is 13.9. The van der Waals surface area contributed by atoms with Gasteiger partial charge in [0, 0.05) is 12.5 Å². The number of hydrogen-bond acceptors (Lipinski definition) is 3. The summed E-state index contributed by atoms with van der Waals surface area (Å²) in [4.78, 5) is 22.3. The summed E-state index contributed by atoms with van der Waals surface area (Å²) in [6.07, 6.45) is 0.153. The first-order valence-electron chi connectivity index (χ1n) is 6.04. The normalized spacial score (nSPS) is 28.6. The second-order valence-electron chi connectivity index (χ2n) is 5.71. The lowest BCUT2D eigenvalue weighted by molar-refractivity contribution is -0.153. The Morgan fingerprint density at radius 1 is 1.44 bits per heavy atom. The van der Waals surface area contributed by atoms with Crippen molar-refractivity contribution in [2.24, 2.45) is 0 Å². The van der Waals surface area contributed by atoms with E-state index >= 15 is 0 Å². The number of carbonyl (C=O) groups excluding carboxylic acids is 1. The number of amides is 1. The molecular weight excluding hydrogens is 241 g/mol. The molecule has 0 aromatic carbocycles. The molecule has 0 heterocycles. The molecule has 18 heavy (non-hydrogen) atoms. The number of alkyl carbamates (subject to hydrolysis) is 1. The smallest absolute Gasteiger partial charge is 0.407 e. The van der Waals surface area contributed by atoms with Crippen molar-refractivity contribution < 1.29 is 23.8 Å². The molecule has 2 unspecified atom stereocenters. The van der Waals surface area contributed by atoms with Crippen LogP contribution in [-0.4, -0.2) is 34.5 Å². The van der Waals surface area contributed by atoms with Gasteiger partial charge in [0.25, 0.3) is 0 Å². The molecule has 0 spiro atoms. The Morgan fingerprint density at radius 3 is 2.56 bits per heavy atom. The Kier molecular flexibility index (Phi) is 4.19. The highest BCUT2D eigenvalue weighted by Crippen LogP contribution is 2.32. The van der Waals surface area contributed by atoms with Crippen molar-refractivity contribution in [3.05, 3.63) is 0 Å². The van der Waals surface area contributed by atoms with Crippen LogP contribution in [0.4, 0.5) is 9.18 Å². The zero-order valence-electron chi connectivity index (χ0n) is 11.0. The molecule has 0 aliphatic heterocycles. The summed E-state index contributed by atoms with van der Waals surface area (Å²) in [6.45, 7) is 5.18. The fourth-order valence-corrected chi connectivity index (χ4v) is 2.02. The van der Waals surface area contributed by atoms with Crippen LogP contribution in [0, 0.1) is 0 Å². The van der Waals surface area contributed by atoms with E-state index in [1.54, 1.807) is 20.8 Å². The molecule has 1 amide bonds. The van der Waals surface area contributed by atoms with Gasteiger partial charge in [-0.25, -0.2) is 14.0 Å². The number of nitrogens with one attached hydrogen (secondary N) is 1. The summed E-state index contributed by atoms with van der Waals surface area (Å²) in [5.74, 6) is -1.46. The minimum Gasteiger partial charge on any atom is -0.479 e. The fraction of sp³-hybridized carbons (Fsp3) is 0.833. The highest BCUT2D eigenvalue weighted by atomic mass is 19.1. The van der Waals surface area contributed by atoms with Crippen molar-refractivity contribution in [2.75, 3.05) is 0 Å². The Hall–Kier alpha value is -1.33. The Balaban J connectivity index is 2.53. The predicted octanol–water partition coefficient (Wildman–Crippen LogP) is 2.25. The maximum absolute atomic E-state index is 13.9. The van der Waals surface area contributed by atoms with Crippen LogP contribution in [0.5, 0.6) is 0 Å². The monoisotopic (exact) mass is 261 g/mol. The first-order chi connectivity index (χ1) is 8.12. The van der Waals surface area contributed by atoms with Gasteiger partial charge in [0.05, 0.1) is 0 Å². The zero-order chi connectivity index (χ0) is 14.0. The van der Waals surface area contributed by atoms with E-state index in [9.17, 15) is 14.0 Å². The molecule has 0 radical (unpaired) electrons. The summed E-state index contributed by atoms with van der Waals surface area (Å²) in [5.41, 5.74) is -2.86. The minimum absolute atomic E-state index is 0.00513. The van der Waals surface area contributed by atoms with E-state index in [0.29, 0.717) is 12.8 Å². The van der Waals surface area contributed by atoms with Gasteiger partial charge in [-0.05, 0) is 40.0 Å². The molecule has 2 atom stereocenters. The van der Waals surface area contributed by atoms with Crippen LogP contribution in [0.15, 0.2) is 0 Å². The van der Waals surface area contributed by atoms with E-state index in [2.05, 4.69) is 5.32 Å². The van der Waals surface area contributed by atoms with E-state index in [1.807, 2.05) is 0 Å². The minimum atomic E-state index is -2.24. The second kappa shape index (κ2) is 5.12. The Bertz CT molecular complexity index is 339. The molecular formula is C12H20FNO4. The van der Waals surface area contributed by atoms with Gasteiger partial charge in [-0.15, -0.1) is 0 Å². The van der Waals surface area contributed by atoms with Gasteiger partial charge in [0.15, 0.2) is 0 Å². The van der Waals surface area contributed by atoms with E-state index in [1.165, 1.54) is 0 Å². The molecule has 1 saturated carbocycles. The molecule has 1 aliphatic rings. The van der Waals surface area contributed by atoms with Gasteiger partial charge >= 0.3 is 12.1 Å². The molecule has 2 N–H and O–H groups in total. The summed E-state index contributed by atoms with van der Waals surface area (Å²) in [6, 6.07) is -0.491. The molecule has 0 aromatic rings. The van der Waals surface area contributed by atoms with Crippen LogP contribution in [0.25, 0.3) is 0 Å². The number of alkyl halides is 1. The summed E-state index contributed by atoms with van der Waals surface area (Å²) in [7, 11) is 0. The topological polar surface area (TPSA) is 75.6 Å². The van der Waals surface area contributed by atoms with Gasteiger partial charge in [-0.2, -0.15) is 0 Å². The standard InChI is InChI=1S/C12H20FNO4/c1-11(2,3)18-10(17)14-8-5-4-6-12(13,7-8)9(15)16/h8H,4-7H2,1-3H3,(H,14,17)(H,15,16). The maximum Gasteiger partial charge on any atom is 0.407 e. The van der Waals surface area contributed by atoms with Gasteiger partial charge in [0.2, 0.25) is 5.67 Å². The number of halogens is 1. The lowest BCUT2D eigenvalue weighted by atomic mass is 9.83. The first-order valence-corrected chi connectivity index (χ1v) is 6.04. The Morgan fingerprint density at radius 2 is 2.06 bits per heavy atom. The third-order valence-corrected chi connectivity index (χ3v) is 2.80. The van der Waals surface area contributed by atoms with Crippen molar-refractivity contribution >= 4 is 12.1 Å². The van der Waals surface area contributed by atoms with Crippen LogP contribution >= 0.6 is 0 Å². The van der Waals surface area contributed by atoms with Crippen molar-refractivity contribution in [1.82, 2.24) is 5.32 Å². The van der Waals surface area contributed by atoms with Crippen molar-refractivity contribution in [3.63, 3.8) is 0 Å². The van der Waals surface area contributed by atoms with E-state index < -0.39 is 29.4 Å². The molecule has 1 aliphatic carbocycles. The predicted molar refractivity (Wildman–Crippen MR) is 63.1 cm³/mol. The van der Waals surface area contributed by atoms with Crippen LogP contribution < -0.4 is 5.32 Å². The number of aliphatic carboxylic acids is 1. The average molecular weight is 261 g/mol. The van der Waals surface area contributed by atoms with Crippen molar-refractivity contribution in [1.29, 1.82) is 0 Å². The zero-order valence-corrected chi connectivity index (χ0v) is 11.0.